The zero-order chi connectivity index (χ0) is 26.7. The number of carbonyl (C=O) groups is 2. The average Bonchev–Trinajstić information content (AvgIpc) is 2.92. The number of amides is 3. The molecule has 8 heteroatoms. The third-order valence-electron chi connectivity index (χ3n) is 8.31. The van der Waals surface area contributed by atoms with Crippen molar-refractivity contribution in [2.45, 2.75) is 82.3 Å². The number of nitrogens with one attached hydrogen (secondary N) is 2. The Balaban J connectivity index is 1.72. The summed E-state index contributed by atoms with van der Waals surface area (Å²) in [6.45, 7) is 2.54. The van der Waals surface area contributed by atoms with E-state index in [2.05, 4.69) is 10.6 Å². The Morgan fingerprint density at radius 2 is 1.97 bits per heavy atom. The quantitative estimate of drug-likeness (QED) is 0.298. The molecule has 3 atom stereocenters. The number of likely N-dealkylation sites (N-methyl/N-ethyl adjacent to an activating group) is 1. The third kappa shape index (κ3) is 8.42. The van der Waals surface area contributed by atoms with Crippen molar-refractivity contribution in [1.82, 2.24) is 15.5 Å². The van der Waals surface area contributed by atoms with Crippen molar-refractivity contribution in [3.8, 4) is 0 Å². The lowest BCUT2D eigenvalue weighted by Gasteiger charge is -2.43. The zero-order valence-electron chi connectivity index (χ0n) is 22.8. The monoisotopic (exact) mass is 516 g/mol. The summed E-state index contributed by atoms with van der Waals surface area (Å²) >= 11 is 0. The number of unbranched alkanes of at least 4 members (excludes halogenated alkanes) is 1. The lowest BCUT2D eigenvalue weighted by molar-refractivity contribution is -0.0564. The number of benzene rings is 1. The molecule has 3 rings (SSSR count). The second-order valence-corrected chi connectivity index (χ2v) is 11.0. The van der Waals surface area contributed by atoms with Gasteiger partial charge >= 0.3 is 6.03 Å². The molecule has 0 spiro atoms. The van der Waals surface area contributed by atoms with Gasteiger partial charge in [-0.3, -0.25) is 4.79 Å². The molecule has 208 valence electrons. The van der Waals surface area contributed by atoms with Gasteiger partial charge in [-0.25, -0.2) is 4.79 Å². The topological polar surface area (TPSA) is 117 Å². The van der Waals surface area contributed by atoms with Gasteiger partial charge in [0.25, 0.3) is 0 Å². The number of likely N-dealkylation sites (tertiary alicyclic amines) is 1. The molecule has 2 aliphatic rings. The number of nitrogens with zero attached hydrogens (tertiary/aromatic N) is 1. The minimum absolute atomic E-state index is 0.0478. The predicted octanol–water partition coefficient (Wildman–Crippen LogP) is 3.77. The highest BCUT2D eigenvalue weighted by Crippen LogP contribution is 2.40. The van der Waals surface area contributed by atoms with Gasteiger partial charge in [-0.2, -0.15) is 0 Å². The van der Waals surface area contributed by atoms with Gasteiger partial charge in [0, 0.05) is 50.9 Å². The molecule has 1 aliphatic heterocycles. The number of primary amides is 1. The van der Waals surface area contributed by atoms with Gasteiger partial charge in [-0.05, 0) is 69.2 Å². The smallest absolute Gasteiger partial charge is 0.317 e. The number of aliphatic hydroxyl groups is 1. The van der Waals surface area contributed by atoms with Crippen molar-refractivity contribution in [2.24, 2.45) is 17.6 Å². The van der Waals surface area contributed by atoms with Crippen LogP contribution in [0, 0.1) is 11.8 Å². The molecule has 0 radical (unpaired) electrons. The standard InChI is InChI=1S/C29H48N4O4/c1-31-20-26(18-22-10-4-3-5-11-22)32-28(35)33-16-9-14-25(21-33)29(36,15-6-7-17-37-2)24-13-8-12-23(19-24)27(30)34/h8,12-13,19,22,25-26,31,36H,3-7,9-11,14-18,20-21H2,1-2H3,(H2,30,34)(H,32,35)/t25?,26?,29-/m1/s1. The van der Waals surface area contributed by atoms with Crippen molar-refractivity contribution in [3.63, 3.8) is 0 Å². The Morgan fingerprint density at radius 3 is 2.68 bits per heavy atom. The van der Waals surface area contributed by atoms with E-state index in [-0.39, 0.29) is 18.0 Å². The first kappa shape index (κ1) is 29.4. The minimum atomic E-state index is -1.16. The van der Waals surface area contributed by atoms with Crippen LogP contribution in [0.3, 0.4) is 0 Å². The predicted molar refractivity (Wildman–Crippen MR) is 146 cm³/mol. The van der Waals surface area contributed by atoms with Crippen LogP contribution in [0.15, 0.2) is 24.3 Å². The van der Waals surface area contributed by atoms with E-state index in [9.17, 15) is 14.7 Å². The van der Waals surface area contributed by atoms with E-state index < -0.39 is 11.5 Å². The molecular weight excluding hydrogens is 468 g/mol. The van der Waals surface area contributed by atoms with Crippen molar-refractivity contribution >= 4 is 11.9 Å². The summed E-state index contributed by atoms with van der Waals surface area (Å²) in [6.07, 6.45) is 11.2. The second-order valence-electron chi connectivity index (χ2n) is 11.0. The van der Waals surface area contributed by atoms with Crippen LogP contribution < -0.4 is 16.4 Å². The molecular formula is C29H48N4O4. The van der Waals surface area contributed by atoms with Gasteiger partial charge in [-0.1, -0.05) is 44.2 Å². The van der Waals surface area contributed by atoms with Crippen LogP contribution in [-0.2, 0) is 10.3 Å². The summed E-state index contributed by atoms with van der Waals surface area (Å²) in [5.41, 5.74) is 5.46. The third-order valence-corrected chi connectivity index (χ3v) is 8.31. The molecule has 3 amide bonds. The molecule has 2 unspecified atom stereocenters. The van der Waals surface area contributed by atoms with Gasteiger partial charge in [0.2, 0.25) is 5.91 Å². The SMILES string of the molecule is CNCC(CC1CCCCC1)NC(=O)N1CCCC([C@@](O)(CCCCOC)c2cccc(C(N)=O)c2)C1. The van der Waals surface area contributed by atoms with Gasteiger partial charge in [0.1, 0.15) is 0 Å². The number of carbonyl (C=O) groups excluding carboxylic acids is 2. The Hall–Kier alpha value is -2.16. The molecule has 8 nitrogen and oxygen atoms in total. The lowest BCUT2D eigenvalue weighted by Crippen LogP contribution is -2.54. The fraction of sp³-hybridized carbons (Fsp3) is 0.724. The summed E-state index contributed by atoms with van der Waals surface area (Å²) in [6, 6.07) is 7.08. The molecule has 2 fully saturated rings. The van der Waals surface area contributed by atoms with Crippen LogP contribution in [0.2, 0.25) is 0 Å². The van der Waals surface area contributed by atoms with Crippen LogP contribution >= 0.6 is 0 Å². The molecule has 1 aliphatic carbocycles. The molecule has 1 aromatic carbocycles. The van der Waals surface area contributed by atoms with E-state index in [1.54, 1.807) is 25.3 Å². The number of hydrogen-bond donors (Lipinski definition) is 4. The van der Waals surface area contributed by atoms with Crippen LogP contribution in [0.4, 0.5) is 4.79 Å². The fourth-order valence-corrected chi connectivity index (χ4v) is 6.25. The van der Waals surface area contributed by atoms with Gasteiger partial charge in [0.05, 0.1) is 5.60 Å². The summed E-state index contributed by atoms with van der Waals surface area (Å²) < 4.78 is 5.21. The average molecular weight is 517 g/mol. The van der Waals surface area contributed by atoms with Crippen molar-refractivity contribution < 1.29 is 19.4 Å². The second kappa shape index (κ2) is 14.7. The number of urea groups is 1. The summed E-state index contributed by atoms with van der Waals surface area (Å²) in [5, 5.41) is 18.7. The normalized spacial score (nSPS) is 21.3. The highest BCUT2D eigenvalue weighted by Gasteiger charge is 2.41. The summed E-state index contributed by atoms with van der Waals surface area (Å²) in [5.74, 6) is 0.0248. The van der Waals surface area contributed by atoms with Crippen LogP contribution in [0.1, 0.15) is 86.6 Å². The molecule has 1 heterocycles. The number of rotatable bonds is 13. The minimum Gasteiger partial charge on any atom is -0.385 e. The van der Waals surface area contributed by atoms with Crippen LogP contribution in [0.5, 0.6) is 0 Å². The number of hydrogen-bond acceptors (Lipinski definition) is 5. The Bertz CT molecular complexity index is 860. The van der Waals surface area contributed by atoms with E-state index in [0.717, 1.165) is 38.6 Å². The molecule has 0 bridgehead atoms. The van der Waals surface area contributed by atoms with Gasteiger partial charge in [-0.15, -0.1) is 0 Å². The van der Waals surface area contributed by atoms with Gasteiger partial charge in [0.15, 0.2) is 0 Å². The largest absolute Gasteiger partial charge is 0.385 e. The number of piperidine rings is 1. The molecule has 1 saturated carbocycles. The first-order valence-electron chi connectivity index (χ1n) is 14.2. The van der Waals surface area contributed by atoms with Crippen LogP contribution in [0.25, 0.3) is 0 Å². The maximum Gasteiger partial charge on any atom is 0.317 e. The van der Waals surface area contributed by atoms with Crippen LogP contribution in [-0.4, -0.2) is 68.4 Å². The number of nitrogens with two attached hydrogens (primary N) is 1. The Morgan fingerprint density at radius 1 is 1.19 bits per heavy atom. The lowest BCUT2D eigenvalue weighted by atomic mass is 9.74. The molecule has 5 N–H and O–H groups in total. The highest BCUT2D eigenvalue weighted by molar-refractivity contribution is 5.92. The Kier molecular flexibility index (Phi) is 11.7. The zero-order valence-corrected chi connectivity index (χ0v) is 22.8. The Labute approximate surface area is 222 Å². The van der Waals surface area contributed by atoms with Crippen molar-refractivity contribution in [2.75, 3.05) is 40.4 Å². The van der Waals surface area contributed by atoms with E-state index in [0.29, 0.717) is 43.2 Å². The molecule has 37 heavy (non-hydrogen) atoms. The van der Waals surface area contributed by atoms with Crippen molar-refractivity contribution in [3.05, 3.63) is 35.4 Å². The molecule has 1 aromatic rings. The number of ether oxygens (including phenoxy) is 1. The van der Waals surface area contributed by atoms with E-state index >= 15 is 0 Å². The summed E-state index contributed by atoms with van der Waals surface area (Å²) in [4.78, 5) is 27.1. The maximum atomic E-state index is 13.4. The fourth-order valence-electron chi connectivity index (χ4n) is 6.25. The molecule has 0 aromatic heterocycles. The van der Waals surface area contributed by atoms with E-state index in [4.69, 9.17) is 10.5 Å². The van der Waals surface area contributed by atoms with Crippen molar-refractivity contribution in [1.29, 1.82) is 0 Å². The van der Waals surface area contributed by atoms with E-state index in [1.165, 1.54) is 32.1 Å². The first-order chi connectivity index (χ1) is 17.9. The van der Waals surface area contributed by atoms with E-state index in [1.807, 2.05) is 18.0 Å². The highest BCUT2D eigenvalue weighted by atomic mass is 16.5. The first-order valence-corrected chi connectivity index (χ1v) is 14.2. The van der Waals surface area contributed by atoms with Gasteiger partial charge < -0.3 is 31.1 Å². The maximum absolute atomic E-state index is 13.4. The summed E-state index contributed by atoms with van der Waals surface area (Å²) in [7, 11) is 3.61. The molecule has 1 saturated heterocycles. The number of methoxy groups -OCH3 is 1.